The van der Waals surface area contributed by atoms with Gasteiger partial charge in [-0.3, -0.25) is 14.3 Å². The lowest BCUT2D eigenvalue weighted by atomic mass is 10.0. The van der Waals surface area contributed by atoms with E-state index in [4.69, 9.17) is 4.74 Å². The molecule has 162 valence electrons. The molecule has 2 rings (SSSR count). The summed E-state index contributed by atoms with van der Waals surface area (Å²) in [6.07, 6.45) is -1.03. The van der Waals surface area contributed by atoms with E-state index in [2.05, 4.69) is 15.7 Å². The molecule has 30 heavy (non-hydrogen) atoms. The lowest BCUT2D eigenvalue weighted by molar-refractivity contribution is -0.156. The van der Waals surface area contributed by atoms with Gasteiger partial charge in [-0.2, -0.15) is 5.10 Å². The maximum atomic E-state index is 12.7. The van der Waals surface area contributed by atoms with Crippen molar-refractivity contribution in [3.8, 4) is 0 Å². The Balaban J connectivity index is 2.06. The maximum Gasteiger partial charge on any atom is 0.329 e. The summed E-state index contributed by atoms with van der Waals surface area (Å²) in [5, 5.41) is 9.74. The molecule has 0 saturated heterocycles. The lowest BCUT2D eigenvalue weighted by Crippen LogP contribution is -2.47. The van der Waals surface area contributed by atoms with Crippen molar-refractivity contribution in [2.75, 3.05) is 5.32 Å². The van der Waals surface area contributed by atoms with E-state index in [9.17, 15) is 14.4 Å². The number of hydrogen-bond acceptors (Lipinski definition) is 5. The number of hydrogen-bond donors (Lipinski definition) is 2. The van der Waals surface area contributed by atoms with Crippen molar-refractivity contribution in [2.45, 2.75) is 53.7 Å². The summed E-state index contributed by atoms with van der Waals surface area (Å²) in [5.41, 5.74) is 3.36. The number of carbonyl (C=O) groups is 3. The fourth-order valence-electron chi connectivity index (χ4n) is 3.02. The number of anilines is 1. The topological polar surface area (TPSA) is 102 Å². The van der Waals surface area contributed by atoms with Gasteiger partial charge in [-0.1, -0.05) is 32.0 Å². The molecule has 2 atom stereocenters. The molecule has 8 heteroatoms. The van der Waals surface area contributed by atoms with Crippen LogP contribution in [0.2, 0.25) is 0 Å². The van der Waals surface area contributed by atoms with Crippen LogP contribution in [-0.2, 0) is 21.4 Å². The molecule has 1 heterocycles. The third-order valence-corrected chi connectivity index (χ3v) is 5.02. The molecule has 0 aliphatic carbocycles. The van der Waals surface area contributed by atoms with Gasteiger partial charge >= 0.3 is 5.97 Å². The fourth-order valence-corrected chi connectivity index (χ4v) is 3.02. The minimum absolute atomic E-state index is 0.219. The van der Waals surface area contributed by atoms with Crippen LogP contribution in [-0.4, -0.2) is 39.7 Å². The highest BCUT2D eigenvalue weighted by atomic mass is 16.5. The highest BCUT2D eigenvalue weighted by Crippen LogP contribution is 2.19. The molecule has 0 aliphatic rings. The second kappa shape index (κ2) is 9.56. The van der Waals surface area contributed by atoms with Crippen LogP contribution < -0.4 is 10.6 Å². The molecule has 8 nitrogen and oxygen atoms in total. The van der Waals surface area contributed by atoms with Gasteiger partial charge in [0.05, 0.1) is 17.1 Å². The zero-order valence-corrected chi connectivity index (χ0v) is 18.6. The highest BCUT2D eigenvalue weighted by Gasteiger charge is 2.30. The van der Waals surface area contributed by atoms with Crippen LogP contribution in [0.15, 0.2) is 24.3 Å². The van der Waals surface area contributed by atoms with E-state index in [-0.39, 0.29) is 11.8 Å². The van der Waals surface area contributed by atoms with Gasteiger partial charge in [0.25, 0.3) is 11.8 Å². The highest BCUT2D eigenvalue weighted by molar-refractivity contribution is 5.99. The molecule has 2 amide bonds. The number of benzene rings is 1. The van der Waals surface area contributed by atoms with Crippen LogP contribution in [0.3, 0.4) is 0 Å². The first-order valence-corrected chi connectivity index (χ1v) is 9.91. The molecule has 0 aliphatic heterocycles. The number of aromatic nitrogens is 2. The van der Waals surface area contributed by atoms with Crippen LogP contribution in [0.4, 0.5) is 5.69 Å². The normalized spacial score (nSPS) is 12.9. The van der Waals surface area contributed by atoms with E-state index in [1.807, 2.05) is 26.0 Å². The second-order valence-electron chi connectivity index (χ2n) is 7.75. The van der Waals surface area contributed by atoms with Crippen LogP contribution in [0.5, 0.6) is 0 Å². The molecule has 0 bridgehead atoms. The monoisotopic (exact) mass is 414 g/mol. The Kier molecular flexibility index (Phi) is 7.37. The van der Waals surface area contributed by atoms with Crippen molar-refractivity contribution in [2.24, 2.45) is 13.0 Å². The number of amides is 2. The van der Waals surface area contributed by atoms with Crippen LogP contribution >= 0.6 is 0 Å². The van der Waals surface area contributed by atoms with E-state index >= 15 is 0 Å². The summed E-state index contributed by atoms with van der Waals surface area (Å²) in [5.74, 6) is -1.70. The average Bonchev–Trinajstić information content (AvgIpc) is 2.91. The Morgan fingerprint density at radius 1 is 1.07 bits per heavy atom. The molecule has 0 fully saturated rings. The van der Waals surface area contributed by atoms with Gasteiger partial charge in [-0.05, 0) is 45.2 Å². The average molecular weight is 415 g/mol. The molecule has 2 N–H and O–H groups in total. The summed E-state index contributed by atoms with van der Waals surface area (Å²) >= 11 is 0. The number of rotatable bonds is 7. The van der Waals surface area contributed by atoms with Gasteiger partial charge in [-0.25, -0.2) is 4.79 Å². The second-order valence-corrected chi connectivity index (χ2v) is 7.75. The van der Waals surface area contributed by atoms with E-state index in [0.717, 1.165) is 11.3 Å². The van der Waals surface area contributed by atoms with Crippen LogP contribution in [0, 0.1) is 26.7 Å². The van der Waals surface area contributed by atoms with Crippen molar-refractivity contribution in [3.63, 3.8) is 0 Å². The van der Waals surface area contributed by atoms with Crippen molar-refractivity contribution in [1.82, 2.24) is 15.1 Å². The quantitative estimate of drug-likeness (QED) is 0.678. The Labute approximate surface area is 177 Å². The molecule has 1 aromatic heterocycles. The Bertz CT molecular complexity index is 949. The molecule has 0 unspecified atom stereocenters. The first kappa shape index (κ1) is 23.1. The van der Waals surface area contributed by atoms with Crippen LogP contribution in [0.25, 0.3) is 0 Å². The van der Waals surface area contributed by atoms with E-state index in [1.165, 1.54) is 6.92 Å². The van der Waals surface area contributed by atoms with E-state index < -0.39 is 24.0 Å². The minimum Gasteiger partial charge on any atom is -0.451 e. The zero-order chi connectivity index (χ0) is 22.6. The number of nitrogens with zero attached hydrogens (tertiary/aromatic N) is 2. The number of carbonyl (C=O) groups excluding carboxylic acids is 3. The standard InChI is InChI=1S/C22H30N4O4/c1-12(2)18(23-21(28)17-11-9-8-10-13(17)3)22(29)30-16(6)20(27)24-19-14(4)25-26(7)15(19)5/h8-12,16,18H,1-7H3,(H,23,28)(H,24,27)/t16-,18+/m1/s1. The Morgan fingerprint density at radius 3 is 2.23 bits per heavy atom. The maximum absolute atomic E-state index is 12.7. The van der Waals surface area contributed by atoms with Gasteiger partial charge in [0.15, 0.2) is 6.10 Å². The summed E-state index contributed by atoms with van der Waals surface area (Å²) in [4.78, 5) is 37.9. The molecular formula is C22H30N4O4. The summed E-state index contributed by atoms with van der Waals surface area (Å²) in [6.45, 7) is 10.5. The first-order chi connectivity index (χ1) is 14.0. The van der Waals surface area contributed by atoms with Crippen molar-refractivity contribution in [3.05, 3.63) is 46.8 Å². The lowest BCUT2D eigenvalue weighted by Gasteiger charge is -2.23. The molecular weight excluding hydrogens is 384 g/mol. The summed E-state index contributed by atoms with van der Waals surface area (Å²) in [6, 6.07) is 6.24. The van der Waals surface area contributed by atoms with Gasteiger partial charge in [0.2, 0.25) is 0 Å². The third kappa shape index (κ3) is 5.25. The SMILES string of the molecule is Cc1ccccc1C(=O)N[C@H](C(=O)O[C@H](C)C(=O)Nc1c(C)nn(C)c1C)C(C)C. The summed E-state index contributed by atoms with van der Waals surface area (Å²) in [7, 11) is 1.78. The molecule has 0 radical (unpaired) electrons. The first-order valence-electron chi connectivity index (χ1n) is 9.91. The van der Waals surface area contributed by atoms with Gasteiger partial charge in [0.1, 0.15) is 6.04 Å². The Morgan fingerprint density at radius 2 is 1.70 bits per heavy atom. The van der Waals surface area contributed by atoms with Gasteiger partial charge in [-0.15, -0.1) is 0 Å². The number of esters is 1. The molecule has 0 saturated carbocycles. The van der Waals surface area contributed by atoms with Crippen molar-refractivity contribution < 1.29 is 19.1 Å². The largest absolute Gasteiger partial charge is 0.451 e. The molecule has 0 spiro atoms. The van der Waals surface area contributed by atoms with Crippen LogP contribution in [0.1, 0.15) is 48.1 Å². The summed E-state index contributed by atoms with van der Waals surface area (Å²) < 4.78 is 7.03. The third-order valence-electron chi connectivity index (χ3n) is 5.02. The van der Waals surface area contributed by atoms with Crippen molar-refractivity contribution in [1.29, 1.82) is 0 Å². The molecule has 2 aromatic rings. The smallest absolute Gasteiger partial charge is 0.329 e. The zero-order valence-electron chi connectivity index (χ0n) is 18.6. The molecule has 1 aromatic carbocycles. The van der Waals surface area contributed by atoms with E-state index in [1.54, 1.807) is 44.6 Å². The number of aryl methyl sites for hydroxylation is 3. The fraction of sp³-hybridized carbons (Fsp3) is 0.455. The number of nitrogens with one attached hydrogen (secondary N) is 2. The predicted molar refractivity (Wildman–Crippen MR) is 114 cm³/mol. The predicted octanol–water partition coefficient (Wildman–Crippen LogP) is 2.67. The Hall–Kier alpha value is -3.16. The van der Waals surface area contributed by atoms with Crippen molar-refractivity contribution >= 4 is 23.5 Å². The minimum atomic E-state index is -1.03. The number of ether oxygens (including phenoxy) is 1. The van der Waals surface area contributed by atoms with Gasteiger partial charge < -0.3 is 15.4 Å². The van der Waals surface area contributed by atoms with Gasteiger partial charge in [0, 0.05) is 12.6 Å². The van der Waals surface area contributed by atoms with E-state index in [0.29, 0.717) is 16.9 Å².